The number of hydrogen-bond acceptors (Lipinski definition) is 2. The van der Waals surface area contributed by atoms with Gasteiger partial charge < -0.3 is 5.11 Å². The molecule has 0 aliphatic rings. The normalized spacial score (nSPS) is 11.4. The summed E-state index contributed by atoms with van der Waals surface area (Å²) < 4.78 is 13.8. The van der Waals surface area contributed by atoms with Gasteiger partial charge in [-0.3, -0.25) is 4.98 Å². The van der Waals surface area contributed by atoms with Crippen molar-refractivity contribution in [1.29, 1.82) is 0 Å². The molecule has 0 fully saturated rings. The number of aromatic carboxylic acids is 1. The Bertz CT molecular complexity index is 660. The number of pyridine rings is 1. The molecule has 1 aromatic carbocycles. The van der Waals surface area contributed by atoms with E-state index in [1.807, 2.05) is 20.8 Å². The second kappa shape index (κ2) is 5.04. The minimum absolute atomic E-state index is 0.151. The van der Waals surface area contributed by atoms with Crippen LogP contribution in [-0.2, 0) is 5.41 Å². The van der Waals surface area contributed by atoms with Crippen molar-refractivity contribution >= 4 is 5.97 Å². The van der Waals surface area contributed by atoms with Crippen LogP contribution in [0.3, 0.4) is 0 Å². The van der Waals surface area contributed by atoms with Crippen LogP contribution >= 0.6 is 0 Å². The van der Waals surface area contributed by atoms with Gasteiger partial charge in [0, 0.05) is 11.0 Å². The van der Waals surface area contributed by atoms with Crippen molar-refractivity contribution in [1.82, 2.24) is 4.98 Å². The molecule has 0 saturated carbocycles. The molecule has 4 heteroatoms. The molecule has 20 heavy (non-hydrogen) atoms. The van der Waals surface area contributed by atoms with Crippen LogP contribution in [-0.4, -0.2) is 16.1 Å². The summed E-state index contributed by atoms with van der Waals surface area (Å²) in [5.74, 6) is -1.40. The van der Waals surface area contributed by atoms with E-state index in [1.54, 1.807) is 18.2 Å². The van der Waals surface area contributed by atoms with Gasteiger partial charge in [0.05, 0.1) is 17.0 Å². The number of nitrogens with zero attached hydrogens (tertiary/aromatic N) is 1. The highest BCUT2D eigenvalue weighted by Crippen LogP contribution is 2.28. The van der Waals surface area contributed by atoms with Crippen LogP contribution < -0.4 is 0 Å². The highest BCUT2D eigenvalue weighted by molar-refractivity contribution is 5.89. The number of carboxylic acids is 1. The van der Waals surface area contributed by atoms with E-state index in [1.165, 1.54) is 18.2 Å². The molecule has 0 unspecified atom stereocenters. The Balaban J connectivity index is 2.65. The number of hydrogen-bond donors (Lipinski definition) is 1. The molecule has 0 aliphatic heterocycles. The Labute approximate surface area is 117 Å². The summed E-state index contributed by atoms with van der Waals surface area (Å²) in [5, 5.41) is 9.23. The van der Waals surface area contributed by atoms with Gasteiger partial charge in [-0.15, -0.1) is 0 Å². The lowest BCUT2D eigenvalue weighted by atomic mass is 9.88. The van der Waals surface area contributed by atoms with Crippen molar-refractivity contribution in [3.05, 3.63) is 53.5 Å². The van der Waals surface area contributed by atoms with Gasteiger partial charge in [0.25, 0.3) is 0 Å². The number of halogens is 1. The molecule has 0 atom stereocenters. The molecule has 0 amide bonds. The molecule has 0 radical (unpaired) electrons. The first-order chi connectivity index (χ1) is 9.30. The summed E-state index contributed by atoms with van der Waals surface area (Å²) in [7, 11) is 0. The molecule has 1 heterocycles. The molecular formula is C16H16FNO2. The molecule has 1 aromatic heterocycles. The monoisotopic (exact) mass is 273 g/mol. The van der Waals surface area contributed by atoms with Crippen LogP contribution in [0.5, 0.6) is 0 Å². The SMILES string of the molecule is CC(C)(C)c1nc(-c2ccccc2F)ccc1C(=O)O. The first kappa shape index (κ1) is 14.2. The summed E-state index contributed by atoms with van der Waals surface area (Å²) in [5.41, 5.74) is 0.978. The predicted octanol–water partition coefficient (Wildman–Crippen LogP) is 3.88. The summed E-state index contributed by atoms with van der Waals surface area (Å²) in [6.45, 7) is 5.65. The first-order valence-corrected chi connectivity index (χ1v) is 6.30. The highest BCUT2D eigenvalue weighted by Gasteiger charge is 2.24. The van der Waals surface area contributed by atoms with Gasteiger partial charge in [-0.05, 0) is 24.3 Å². The van der Waals surface area contributed by atoms with Crippen molar-refractivity contribution in [3.8, 4) is 11.3 Å². The third-order valence-corrected chi connectivity index (χ3v) is 2.99. The van der Waals surface area contributed by atoms with Gasteiger partial charge in [0.2, 0.25) is 0 Å². The molecular weight excluding hydrogens is 257 g/mol. The maximum absolute atomic E-state index is 13.8. The van der Waals surface area contributed by atoms with E-state index < -0.39 is 11.4 Å². The van der Waals surface area contributed by atoms with Crippen molar-refractivity contribution in [2.75, 3.05) is 0 Å². The fourth-order valence-electron chi connectivity index (χ4n) is 2.02. The van der Waals surface area contributed by atoms with Crippen LogP contribution in [0.2, 0.25) is 0 Å². The Morgan fingerprint density at radius 1 is 1.15 bits per heavy atom. The number of carboxylic acid groups (broad SMARTS) is 1. The number of aromatic nitrogens is 1. The van der Waals surface area contributed by atoms with E-state index in [4.69, 9.17) is 0 Å². The van der Waals surface area contributed by atoms with Crippen molar-refractivity contribution in [3.63, 3.8) is 0 Å². The molecule has 2 aromatic rings. The fourth-order valence-corrected chi connectivity index (χ4v) is 2.02. The third kappa shape index (κ3) is 2.69. The maximum atomic E-state index is 13.8. The quantitative estimate of drug-likeness (QED) is 0.903. The van der Waals surface area contributed by atoms with E-state index in [0.717, 1.165) is 0 Å². The van der Waals surface area contributed by atoms with Crippen LogP contribution in [0, 0.1) is 5.82 Å². The molecule has 2 rings (SSSR count). The second-order valence-electron chi connectivity index (χ2n) is 5.63. The summed E-state index contributed by atoms with van der Waals surface area (Å²) >= 11 is 0. The predicted molar refractivity (Wildman–Crippen MR) is 75.3 cm³/mol. The summed E-state index contributed by atoms with van der Waals surface area (Å²) in [6.07, 6.45) is 0. The van der Waals surface area contributed by atoms with Crippen molar-refractivity contribution < 1.29 is 14.3 Å². The molecule has 104 valence electrons. The van der Waals surface area contributed by atoms with Gasteiger partial charge in [-0.2, -0.15) is 0 Å². The van der Waals surface area contributed by atoms with Crippen molar-refractivity contribution in [2.24, 2.45) is 0 Å². The lowest BCUT2D eigenvalue weighted by Crippen LogP contribution is -2.19. The lowest BCUT2D eigenvalue weighted by molar-refractivity contribution is 0.0693. The highest BCUT2D eigenvalue weighted by atomic mass is 19.1. The molecule has 1 N–H and O–H groups in total. The van der Waals surface area contributed by atoms with Gasteiger partial charge in [0.1, 0.15) is 5.82 Å². The van der Waals surface area contributed by atoms with Gasteiger partial charge in [0.15, 0.2) is 0 Å². The molecule has 0 aliphatic carbocycles. The summed E-state index contributed by atoms with van der Waals surface area (Å²) in [6, 6.07) is 9.34. The van der Waals surface area contributed by atoms with E-state index in [-0.39, 0.29) is 11.4 Å². The Kier molecular flexibility index (Phi) is 3.57. The Morgan fingerprint density at radius 2 is 1.80 bits per heavy atom. The lowest BCUT2D eigenvalue weighted by Gasteiger charge is -2.21. The third-order valence-electron chi connectivity index (χ3n) is 2.99. The van der Waals surface area contributed by atoms with E-state index in [0.29, 0.717) is 17.0 Å². The van der Waals surface area contributed by atoms with Crippen LogP contribution in [0.25, 0.3) is 11.3 Å². The van der Waals surface area contributed by atoms with Gasteiger partial charge >= 0.3 is 5.97 Å². The van der Waals surface area contributed by atoms with Gasteiger partial charge in [-0.1, -0.05) is 32.9 Å². The van der Waals surface area contributed by atoms with Crippen molar-refractivity contribution in [2.45, 2.75) is 26.2 Å². The zero-order valence-corrected chi connectivity index (χ0v) is 11.6. The van der Waals surface area contributed by atoms with Crippen LogP contribution in [0.15, 0.2) is 36.4 Å². The Morgan fingerprint density at radius 3 is 2.35 bits per heavy atom. The molecule has 3 nitrogen and oxygen atoms in total. The molecule has 0 spiro atoms. The average Bonchev–Trinajstić information content (AvgIpc) is 2.37. The van der Waals surface area contributed by atoms with E-state index >= 15 is 0 Å². The zero-order valence-electron chi connectivity index (χ0n) is 11.6. The van der Waals surface area contributed by atoms with Gasteiger partial charge in [-0.25, -0.2) is 9.18 Å². The van der Waals surface area contributed by atoms with Crippen LogP contribution in [0.1, 0.15) is 36.8 Å². The first-order valence-electron chi connectivity index (χ1n) is 6.30. The maximum Gasteiger partial charge on any atom is 0.337 e. The second-order valence-corrected chi connectivity index (χ2v) is 5.63. The van der Waals surface area contributed by atoms with E-state index in [2.05, 4.69) is 4.98 Å². The topological polar surface area (TPSA) is 50.2 Å². The zero-order chi connectivity index (χ0) is 14.9. The largest absolute Gasteiger partial charge is 0.478 e. The van der Waals surface area contributed by atoms with E-state index in [9.17, 15) is 14.3 Å². The minimum Gasteiger partial charge on any atom is -0.478 e. The summed E-state index contributed by atoms with van der Waals surface area (Å²) in [4.78, 5) is 15.6. The minimum atomic E-state index is -1.03. The smallest absolute Gasteiger partial charge is 0.337 e. The standard InChI is InChI=1S/C16H16FNO2/c1-16(2,3)14-11(15(19)20)8-9-13(18-14)10-6-4-5-7-12(10)17/h4-9H,1-3H3,(H,19,20). The Hall–Kier alpha value is -2.23. The average molecular weight is 273 g/mol. The number of carbonyl (C=O) groups is 1. The fraction of sp³-hybridized carbons (Fsp3) is 0.250. The molecule has 0 saturated heterocycles. The number of benzene rings is 1. The van der Waals surface area contributed by atoms with Crippen LogP contribution in [0.4, 0.5) is 4.39 Å². The molecule has 0 bridgehead atoms. The number of rotatable bonds is 2.